The minimum absolute atomic E-state index is 0.338. The second-order valence-electron chi connectivity index (χ2n) is 5.76. The summed E-state index contributed by atoms with van der Waals surface area (Å²) in [6.07, 6.45) is -0.338. The van der Waals surface area contributed by atoms with Gasteiger partial charge in [0.2, 0.25) is 5.55 Å². The van der Waals surface area contributed by atoms with Crippen molar-refractivity contribution in [3.05, 3.63) is 34.9 Å². The highest BCUT2D eigenvalue weighted by Gasteiger charge is 2.52. The maximum absolute atomic E-state index is 14.7. The minimum atomic E-state index is -2.92. The molecule has 0 bridgehead atoms. The Balaban J connectivity index is 3.21. The fourth-order valence-electron chi connectivity index (χ4n) is 1.92. The van der Waals surface area contributed by atoms with Crippen molar-refractivity contribution in [3.8, 4) is 0 Å². The van der Waals surface area contributed by atoms with Gasteiger partial charge in [0.05, 0.1) is 19.4 Å². The number of halogens is 3. The summed E-state index contributed by atoms with van der Waals surface area (Å²) in [5, 5.41) is 0.474. The molecule has 0 N–H and O–H groups in total. The molecule has 0 aromatic heterocycles. The number of ether oxygens (including phenoxy) is 1. The van der Waals surface area contributed by atoms with Crippen molar-refractivity contribution in [2.45, 2.75) is 37.5 Å². The van der Waals surface area contributed by atoms with Crippen LogP contribution in [0.25, 0.3) is 0 Å². The van der Waals surface area contributed by atoms with Gasteiger partial charge in [-0.05, 0) is 17.7 Å². The first-order valence-corrected chi connectivity index (χ1v) is 10.2. The third kappa shape index (κ3) is 3.79. The van der Waals surface area contributed by atoms with Gasteiger partial charge in [0.1, 0.15) is 8.07 Å². The number of rotatable bonds is 5. The van der Waals surface area contributed by atoms with E-state index >= 15 is 0 Å². The Kier molecular flexibility index (Phi) is 5.32. The quantitative estimate of drug-likeness (QED) is 0.590. The number of esters is 1. The van der Waals surface area contributed by atoms with Crippen LogP contribution < -0.4 is 0 Å². The largest absolute Gasteiger partial charge is 0.469 e. The second-order valence-corrected chi connectivity index (χ2v) is 11.4. The van der Waals surface area contributed by atoms with Crippen molar-refractivity contribution >= 4 is 25.6 Å². The Labute approximate surface area is 124 Å². The summed E-state index contributed by atoms with van der Waals surface area (Å²) in [5.41, 5.74) is -2.51. The lowest BCUT2D eigenvalue weighted by Crippen LogP contribution is -2.50. The summed E-state index contributed by atoms with van der Waals surface area (Å²) in [6.45, 7) is 4.77. The highest BCUT2D eigenvalue weighted by atomic mass is 35.5. The zero-order valence-corrected chi connectivity index (χ0v) is 13.8. The maximum Gasteiger partial charge on any atom is 0.306 e. The van der Waals surface area contributed by atoms with E-state index in [1.165, 1.54) is 7.11 Å². The Hall–Kier alpha value is -0.943. The number of benzene rings is 1. The van der Waals surface area contributed by atoms with E-state index in [9.17, 15) is 13.6 Å². The van der Waals surface area contributed by atoms with Gasteiger partial charge < -0.3 is 4.74 Å². The summed E-state index contributed by atoms with van der Waals surface area (Å²) in [6, 6.07) is 6.21. The maximum atomic E-state index is 14.7. The predicted molar refractivity (Wildman–Crippen MR) is 79.1 cm³/mol. The highest BCUT2D eigenvalue weighted by molar-refractivity contribution is 6.78. The molecule has 0 spiro atoms. The molecule has 6 heteroatoms. The SMILES string of the molecule is COC(=O)CC(c1ccc(Cl)cc1)C(F)(F)[Si](C)(C)C. The van der Waals surface area contributed by atoms with Crippen LogP contribution in [-0.4, -0.2) is 26.7 Å². The van der Waals surface area contributed by atoms with Crippen LogP contribution in [0.3, 0.4) is 0 Å². The van der Waals surface area contributed by atoms with Crippen LogP contribution >= 0.6 is 11.6 Å². The van der Waals surface area contributed by atoms with Crippen molar-refractivity contribution in [3.63, 3.8) is 0 Å². The van der Waals surface area contributed by atoms with Gasteiger partial charge in [-0.25, -0.2) is 8.78 Å². The number of methoxy groups -OCH3 is 1. The molecule has 2 nitrogen and oxygen atoms in total. The van der Waals surface area contributed by atoms with Gasteiger partial charge in [-0.1, -0.05) is 43.4 Å². The summed E-state index contributed by atoms with van der Waals surface area (Å²) < 4.78 is 33.9. The molecular weight excluding hydrogens is 302 g/mol. The molecule has 1 aromatic carbocycles. The van der Waals surface area contributed by atoms with E-state index < -0.39 is 25.5 Å². The lowest BCUT2D eigenvalue weighted by Gasteiger charge is -2.35. The van der Waals surface area contributed by atoms with Crippen LogP contribution in [0.1, 0.15) is 17.9 Å². The van der Waals surface area contributed by atoms with Gasteiger partial charge in [0.25, 0.3) is 0 Å². The minimum Gasteiger partial charge on any atom is -0.469 e. The third-order valence-electron chi connectivity index (χ3n) is 3.31. The molecule has 0 fully saturated rings. The first-order chi connectivity index (χ1) is 9.09. The van der Waals surface area contributed by atoms with Crippen molar-refractivity contribution in [1.82, 2.24) is 0 Å². The molecule has 1 unspecified atom stereocenters. The van der Waals surface area contributed by atoms with E-state index in [0.29, 0.717) is 10.6 Å². The van der Waals surface area contributed by atoms with Gasteiger partial charge in [0, 0.05) is 5.02 Å². The van der Waals surface area contributed by atoms with Crippen molar-refractivity contribution < 1.29 is 18.3 Å². The van der Waals surface area contributed by atoms with Crippen LogP contribution in [0, 0.1) is 0 Å². The van der Waals surface area contributed by atoms with Gasteiger partial charge >= 0.3 is 5.97 Å². The molecule has 0 aliphatic carbocycles. The summed E-state index contributed by atoms with van der Waals surface area (Å²) >= 11 is 5.78. The Bertz CT molecular complexity index is 469. The van der Waals surface area contributed by atoms with E-state index in [1.54, 1.807) is 43.9 Å². The smallest absolute Gasteiger partial charge is 0.306 e. The van der Waals surface area contributed by atoms with Crippen molar-refractivity contribution in [1.29, 1.82) is 0 Å². The second kappa shape index (κ2) is 6.22. The monoisotopic (exact) mass is 320 g/mol. The molecule has 1 aromatic rings. The number of hydrogen-bond acceptors (Lipinski definition) is 2. The molecule has 0 aliphatic heterocycles. The summed E-state index contributed by atoms with van der Waals surface area (Å²) in [4.78, 5) is 11.5. The molecule has 1 rings (SSSR count). The van der Waals surface area contributed by atoms with Crippen molar-refractivity contribution in [2.24, 2.45) is 0 Å². The van der Waals surface area contributed by atoms with Crippen LogP contribution in [0.2, 0.25) is 24.7 Å². The van der Waals surface area contributed by atoms with Gasteiger partial charge in [-0.15, -0.1) is 0 Å². The molecule has 0 aliphatic rings. The normalized spacial score (nSPS) is 13.9. The Morgan fingerprint density at radius 1 is 1.30 bits per heavy atom. The molecule has 0 saturated carbocycles. The molecule has 0 radical (unpaired) electrons. The van der Waals surface area contributed by atoms with Gasteiger partial charge in [-0.3, -0.25) is 4.79 Å². The van der Waals surface area contributed by atoms with Crippen LogP contribution in [0.4, 0.5) is 8.78 Å². The first-order valence-electron chi connectivity index (χ1n) is 6.29. The first kappa shape index (κ1) is 17.1. The van der Waals surface area contributed by atoms with Crippen LogP contribution in [0.5, 0.6) is 0 Å². The molecule has 0 heterocycles. The van der Waals surface area contributed by atoms with Crippen LogP contribution in [0.15, 0.2) is 24.3 Å². The van der Waals surface area contributed by atoms with E-state index in [-0.39, 0.29) is 6.42 Å². The van der Waals surface area contributed by atoms with E-state index in [1.807, 2.05) is 0 Å². The molecular formula is C14H19ClF2O2Si. The standard InChI is InChI=1S/C14H19ClF2O2Si/c1-19-13(18)9-12(14(16,17)20(2,3)4)10-5-7-11(15)8-6-10/h5-8,12H,9H2,1-4H3. The average Bonchev–Trinajstić information content (AvgIpc) is 2.35. The third-order valence-corrected chi connectivity index (χ3v) is 5.91. The zero-order valence-electron chi connectivity index (χ0n) is 12.0. The van der Waals surface area contributed by atoms with E-state index in [4.69, 9.17) is 11.6 Å². The van der Waals surface area contributed by atoms with Gasteiger partial charge in [0.15, 0.2) is 0 Å². The molecule has 20 heavy (non-hydrogen) atoms. The molecule has 0 saturated heterocycles. The number of hydrogen-bond donors (Lipinski definition) is 0. The lowest BCUT2D eigenvalue weighted by atomic mass is 9.96. The summed E-state index contributed by atoms with van der Waals surface area (Å²) in [5.74, 6) is -1.82. The molecule has 0 amide bonds. The van der Waals surface area contributed by atoms with E-state index in [0.717, 1.165) is 0 Å². The average molecular weight is 321 g/mol. The predicted octanol–water partition coefficient (Wildman–Crippen LogP) is 4.50. The molecule has 1 atom stereocenters. The fourth-order valence-corrected chi connectivity index (χ4v) is 3.36. The number of alkyl halides is 2. The summed E-state index contributed by atoms with van der Waals surface area (Å²) in [7, 11) is -1.60. The van der Waals surface area contributed by atoms with Crippen molar-refractivity contribution in [2.75, 3.05) is 7.11 Å². The highest BCUT2D eigenvalue weighted by Crippen LogP contribution is 2.43. The van der Waals surface area contributed by atoms with Crippen LogP contribution in [-0.2, 0) is 9.53 Å². The van der Waals surface area contributed by atoms with E-state index in [2.05, 4.69) is 4.74 Å². The number of carbonyl (C=O) groups is 1. The Morgan fingerprint density at radius 3 is 2.20 bits per heavy atom. The Morgan fingerprint density at radius 2 is 1.80 bits per heavy atom. The van der Waals surface area contributed by atoms with Gasteiger partial charge in [-0.2, -0.15) is 0 Å². The number of carbonyl (C=O) groups excluding carboxylic acids is 1. The zero-order chi connectivity index (χ0) is 15.6. The topological polar surface area (TPSA) is 26.3 Å². The lowest BCUT2D eigenvalue weighted by molar-refractivity contribution is -0.142. The molecule has 112 valence electrons. The fraction of sp³-hybridized carbons (Fsp3) is 0.500.